The third kappa shape index (κ3) is 5.38. The average Bonchev–Trinajstić information content (AvgIpc) is 2.29. The Labute approximate surface area is 137 Å². The van der Waals surface area contributed by atoms with Crippen LogP contribution in [0.25, 0.3) is 0 Å². The molecule has 0 saturated carbocycles. The summed E-state index contributed by atoms with van der Waals surface area (Å²) in [4.78, 5) is 0. The van der Waals surface area contributed by atoms with Gasteiger partial charge in [-0.1, -0.05) is 54.4 Å². The van der Waals surface area contributed by atoms with E-state index in [-0.39, 0.29) is 11.0 Å². The molecule has 0 aromatic heterocycles. The van der Waals surface area contributed by atoms with Crippen LogP contribution in [0.4, 0.5) is 0 Å². The molecule has 0 bridgehead atoms. The van der Waals surface area contributed by atoms with E-state index in [1.54, 1.807) is 0 Å². The van der Waals surface area contributed by atoms with E-state index in [0.29, 0.717) is 5.92 Å². The van der Waals surface area contributed by atoms with E-state index in [1.807, 2.05) is 6.07 Å². The lowest BCUT2D eigenvalue weighted by molar-refractivity contribution is 0.188. The van der Waals surface area contributed by atoms with Gasteiger partial charge in [0.05, 0.1) is 0 Å². The van der Waals surface area contributed by atoms with Crippen LogP contribution in [0.5, 0.6) is 0 Å². The van der Waals surface area contributed by atoms with Crippen molar-refractivity contribution < 1.29 is 0 Å². The Morgan fingerprint density at radius 3 is 2.25 bits per heavy atom. The molecule has 1 atom stereocenters. The van der Waals surface area contributed by atoms with Crippen molar-refractivity contribution in [2.24, 2.45) is 11.3 Å². The first-order valence-corrected chi connectivity index (χ1v) is 8.39. The second-order valence-corrected chi connectivity index (χ2v) is 8.65. The number of rotatable bonds is 5. The van der Waals surface area contributed by atoms with Crippen molar-refractivity contribution >= 4 is 27.5 Å². The second-order valence-electron chi connectivity index (χ2n) is 7.32. The van der Waals surface area contributed by atoms with Crippen molar-refractivity contribution in [3.63, 3.8) is 0 Å². The van der Waals surface area contributed by atoms with Crippen LogP contribution >= 0.6 is 27.5 Å². The molecule has 1 aromatic carbocycles. The van der Waals surface area contributed by atoms with Gasteiger partial charge in [-0.2, -0.15) is 0 Å². The van der Waals surface area contributed by atoms with Crippen molar-refractivity contribution in [2.75, 3.05) is 6.54 Å². The largest absolute Gasteiger partial charge is 0.312 e. The molecule has 0 saturated heterocycles. The molecule has 0 aliphatic rings. The van der Waals surface area contributed by atoms with Gasteiger partial charge in [-0.3, -0.25) is 0 Å². The lowest BCUT2D eigenvalue weighted by Gasteiger charge is -2.37. The van der Waals surface area contributed by atoms with Crippen LogP contribution in [0.2, 0.25) is 5.02 Å². The zero-order chi connectivity index (χ0) is 15.6. The lowest BCUT2D eigenvalue weighted by Crippen LogP contribution is -2.45. The second kappa shape index (κ2) is 6.81. The monoisotopic (exact) mass is 359 g/mol. The number of benzene rings is 1. The van der Waals surface area contributed by atoms with Crippen LogP contribution in [-0.4, -0.2) is 12.1 Å². The van der Waals surface area contributed by atoms with Crippen LogP contribution < -0.4 is 5.32 Å². The molecule has 1 unspecified atom stereocenters. The molecule has 0 heterocycles. The quantitative estimate of drug-likeness (QED) is 0.710. The summed E-state index contributed by atoms with van der Waals surface area (Å²) in [7, 11) is 0. The number of hydrogen-bond acceptors (Lipinski definition) is 1. The third-order valence-corrected chi connectivity index (χ3v) is 4.87. The lowest BCUT2D eigenvalue weighted by atomic mass is 9.74. The van der Waals surface area contributed by atoms with Gasteiger partial charge in [0.25, 0.3) is 0 Å². The maximum atomic E-state index is 6.38. The highest BCUT2D eigenvalue weighted by Crippen LogP contribution is 2.34. The van der Waals surface area contributed by atoms with Gasteiger partial charge in [-0.25, -0.2) is 0 Å². The van der Waals surface area contributed by atoms with Crippen molar-refractivity contribution in [1.29, 1.82) is 0 Å². The van der Waals surface area contributed by atoms with Crippen LogP contribution in [0.3, 0.4) is 0 Å². The maximum absolute atomic E-state index is 6.38. The minimum Gasteiger partial charge on any atom is -0.312 e. The highest BCUT2D eigenvalue weighted by atomic mass is 79.9. The zero-order valence-electron chi connectivity index (χ0n) is 13.5. The van der Waals surface area contributed by atoms with Crippen molar-refractivity contribution in [3.05, 3.63) is 33.3 Å². The summed E-state index contributed by atoms with van der Waals surface area (Å²) in [5, 5.41) is 4.49. The summed E-state index contributed by atoms with van der Waals surface area (Å²) in [6.45, 7) is 14.5. The van der Waals surface area contributed by atoms with Gasteiger partial charge in [-0.05, 0) is 56.2 Å². The molecule has 0 aliphatic heterocycles. The standard InChI is InChI=1S/C17H27BrClN/c1-12(2)17(6,11-20-16(3,4)5)10-13-7-8-14(18)9-15(13)19/h7-9,12,20H,10-11H2,1-6H3. The molecule has 1 nitrogen and oxygen atoms in total. The zero-order valence-corrected chi connectivity index (χ0v) is 15.8. The highest BCUT2D eigenvalue weighted by Gasteiger charge is 2.30. The molecular weight excluding hydrogens is 334 g/mol. The normalized spacial score (nSPS) is 15.4. The number of nitrogens with one attached hydrogen (secondary N) is 1. The molecule has 0 aliphatic carbocycles. The fraction of sp³-hybridized carbons (Fsp3) is 0.647. The Morgan fingerprint density at radius 1 is 1.20 bits per heavy atom. The Hall–Kier alpha value is -0.0500. The molecule has 0 fully saturated rings. The fourth-order valence-corrected chi connectivity index (χ4v) is 2.78. The topological polar surface area (TPSA) is 12.0 Å². The van der Waals surface area contributed by atoms with E-state index in [4.69, 9.17) is 11.6 Å². The van der Waals surface area contributed by atoms with Crippen molar-refractivity contribution in [3.8, 4) is 0 Å². The number of hydrogen-bond donors (Lipinski definition) is 1. The molecule has 114 valence electrons. The number of halogens is 2. The van der Waals surface area contributed by atoms with E-state index in [9.17, 15) is 0 Å². The smallest absolute Gasteiger partial charge is 0.0449 e. The van der Waals surface area contributed by atoms with Gasteiger partial charge < -0.3 is 5.32 Å². The minimum absolute atomic E-state index is 0.139. The van der Waals surface area contributed by atoms with E-state index in [0.717, 1.165) is 22.5 Å². The molecule has 0 radical (unpaired) electrons. The van der Waals surface area contributed by atoms with Gasteiger partial charge in [-0.15, -0.1) is 0 Å². The van der Waals surface area contributed by atoms with Gasteiger partial charge in [0, 0.05) is 21.6 Å². The Balaban J connectivity index is 2.91. The van der Waals surface area contributed by atoms with Crippen LogP contribution in [0.15, 0.2) is 22.7 Å². The highest BCUT2D eigenvalue weighted by molar-refractivity contribution is 9.10. The van der Waals surface area contributed by atoms with E-state index in [1.165, 1.54) is 5.56 Å². The first kappa shape index (κ1) is 18.0. The Morgan fingerprint density at radius 2 is 1.80 bits per heavy atom. The van der Waals surface area contributed by atoms with Crippen LogP contribution in [0, 0.1) is 11.3 Å². The molecule has 1 rings (SSSR count). The molecule has 1 aromatic rings. The summed E-state index contributed by atoms with van der Waals surface area (Å²) in [6.07, 6.45) is 0.986. The van der Waals surface area contributed by atoms with E-state index >= 15 is 0 Å². The van der Waals surface area contributed by atoms with Gasteiger partial charge in [0.15, 0.2) is 0 Å². The SMILES string of the molecule is CC(C)C(C)(CNC(C)(C)C)Cc1ccc(Br)cc1Cl. The molecule has 0 amide bonds. The average molecular weight is 361 g/mol. The Bertz CT molecular complexity index is 451. The predicted molar refractivity (Wildman–Crippen MR) is 93.6 cm³/mol. The molecular formula is C17H27BrClN. The summed E-state index contributed by atoms with van der Waals surface area (Å²) in [5.74, 6) is 0.581. The maximum Gasteiger partial charge on any atom is 0.0449 e. The molecule has 1 N–H and O–H groups in total. The Kier molecular flexibility index (Phi) is 6.13. The van der Waals surface area contributed by atoms with Crippen LogP contribution in [-0.2, 0) is 6.42 Å². The predicted octanol–water partition coefficient (Wildman–Crippen LogP) is 5.70. The first-order chi connectivity index (χ1) is 9.03. The minimum atomic E-state index is 0.139. The molecule has 20 heavy (non-hydrogen) atoms. The van der Waals surface area contributed by atoms with Crippen LogP contribution in [0.1, 0.15) is 47.1 Å². The fourth-order valence-electron chi connectivity index (χ4n) is 2.04. The molecule has 0 spiro atoms. The first-order valence-electron chi connectivity index (χ1n) is 7.22. The summed E-state index contributed by atoms with van der Waals surface area (Å²) < 4.78 is 1.03. The van der Waals surface area contributed by atoms with Gasteiger partial charge >= 0.3 is 0 Å². The summed E-state index contributed by atoms with van der Waals surface area (Å²) >= 11 is 9.84. The summed E-state index contributed by atoms with van der Waals surface area (Å²) in [5.41, 5.74) is 1.55. The molecule has 3 heteroatoms. The van der Waals surface area contributed by atoms with Crippen molar-refractivity contribution in [2.45, 2.75) is 53.5 Å². The van der Waals surface area contributed by atoms with Gasteiger partial charge in [0.2, 0.25) is 0 Å². The van der Waals surface area contributed by atoms with Gasteiger partial charge in [0.1, 0.15) is 0 Å². The van der Waals surface area contributed by atoms with Crippen molar-refractivity contribution in [1.82, 2.24) is 5.32 Å². The van der Waals surface area contributed by atoms with E-state index in [2.05, 4.69) is 74.9 Å². The third-order valence-electron chi connectivity index (χ3n) is 4.03. The van der Waals surface area contributed by atoms with E-state index < -0.39 is 0 Å². The summed E-state index contributed by atoms with van der Waals surface area (Å²) in [6, 6.07) is 6.18.